The normalized spacial score (nSPS) is 10.7. The van der Waals surface area contributed by atoms with Crippen LogP contribution >= 0.6 is 11.3 Å². The first-order valence-corrected chi connectivity index (χ1v) is 7.47. The van der Waals surface area contributed by atoms with Crippen LogP contribution in [0, 0.1) is 15.9 Å². The molecule has 116 valence electrons. The number of pyridine rings is 1. The van der Waals surface area contributed by atoms with Gasteiger partial charge in [-0.25, -0.2) is 9.37 Å². The van der Waals surface area contributed by atoms with E-state index >= 15 is 0 Å². The van der Waals surface area contributed by atoms with Crippen LogP contribution in [-0.4, -0.2) is 14.5 Å². The molecular weight excluding hydrogens is 321 g/mol. The minimum absolute atomic E-state index is 0.0888. The Kier molecular flexibility index (Phi) is 3.98. The molecule has 0 saturated carbocycles. The van der Waals surface area contributed by atoms with E-state index < -0.39 is 4.92 Å². The summed E-state index contributed by atoms with van der Waals surface area (Å²) in [6.07, 6.45) is 1.17. The van der Waals surface area contributed by atoms with Crippen molar-refractivity contribution in [3.63, 3.8) is 0 Å². The second kappa shape index (κ2) is 6.09. The molecule has 2 aromatic heterocycles. The van der Waals surface area contributed by atoms with E-state index in [4.69, 9.17) is 0 Å². The van der Waals surface area contributed by atoms with Gasteiger partial charge in [-0.15, -0.1) is 11.3 Å². The Bertz CT molecular complexity index is 935. The maximum absolute atomic E-state index is 13.8. The van der Waals surface area contributed by atoms with E-state index in [0.29, 0.717) is 16.3 Å². The van der Waals surface area contributed by atoms with Crippen LogP contribution in [0.4, 0.5) is 10.1 Å². The van der Waals surface area contributed by atoms with Gasteiger partial charge in [-0.3, -0.25) is 14.9 Å². The second-order valence-corrected chi connectivity index (χ2v) is 5.59. The molecule has 0 radical (unpaired) electrons. The number of halogens is 1. The Labute approximate surface area is 133 Å². The van der Waals surface area contributed by atoms with Gasteiger partial charge in [-0.05, 0) is 12.1 Å². The third-order valence-electron chi connectivity index (χ3n) is 3.17. The number of nitro groups is 1. The molecule has 0 aliphatic heterocycles. The lowest BCUT2D eigenvalue weighted by Crippen LogP contribution is -2.19. The molecule has 6 nitrogen and oxygen atoms in total. The predicted octanol–water partition coefficient (Wildman–Crippen LogP) is 3.07. The fraction of sp³-hybridized carbons (Fsp3) is 0.0667. The topological polar surface area (TPSA) is 78.0 Å². The van der Waals surface area contributed by atoms with Crippen molar-refractivity contribution in [2.24, 2.45) is 0 Å². The highest BCUT2D eigenvalue weighted by Gasteiger charge is 2.12. The van der Waals surface area contributed by atoms with Crippen LogP contribution in [0.5, 0.6) is 0 Å². The summed E-state index contributed by atoms with van der Waals surface area (Å²) in [5.74, 6) is -0.374. The lowest BCUT2D eigenvalue weighted by Gasteiger charge is -2.02. The summed E-state index contributed by atoms with van der Waals surface area (Å²) in [7, 11) is 0. The quantitative estimate of drug-likeness (QED) is 0.544. The molecule has 23 heavy (non-hydrogen) atoms. The van der Waals surface area contributed by atoms with E-state index in [1.807, 2.05) is 0 Å². The molecule has 0 bridgehead atoms. The minimum Gasteiger partial charge on any atom is -0.303 e. The van der Waals surface area contributed by atoms with Crippen LogP contribution in [0.25, 0.3) is 10.6 Å². The summed E-state index contributed by atoms with van der Waals surface area (Å²) in [4.78, 5) is 26.3. The zero-order valence-corrected chi connectivity index (χ0v) is 12.5. The highest BCUT2D eigenvalue weighted by molar-refractivity contribution is 7.13. The van der Waals surface area contributed by atoms with Gasteiger partial charge in [0.1, 0.15) is 10.8 Å². The van der Waals surface area contributed by atoms with Crippen LogP contribution in [0.1, 0.15) is 5.69 Å². The van der Waals surface area contributed by atoms with Gasteiger partial charge in [-0.2, -0.15) is 0 Å². The monoisotopic (exact) mass is 331 g/mol. The van der Waals surface area contributed by atoms with Crippen molar-refractivity contribution in [3.05, 3.63) is 80.0 Å². The Hall–Kier alpha value is -2.87. The zero-order chi connectivity index (χ0) is 16.4. The molecule has 3 aromatic rings. The van der Waals surface area contributed by atoms with E-state index in [2.05, 4.69) is 4.98 Å². The molecule has 2 heterocycles. The third kappa shape index (κ3) is 3.16. The fourth-order valence-electron chi connectivity index (χ4n) is 2.06. The highest BCUT2D eigenvalue weighted by Crippen LogP contribution is 2.26. The Morgan fingerprint density at radius 1 is 1.26 bits per heavy atom. The lowest BCUT2D eigenvalue weighted by molar-refractivity contribution is -0.385. The first-order valence-electron chi connectivity index (χ1n) is 6.59. The minimum atomic E-state index is -0.568. The van der Waals surface area contributed by atoms with E-state index in [1.165, 1.54) is 28.2 Å². The number of thiazole rings is 1. The zero-order valence-electron chi connectivity index (χ0n) is 11.7. The first kappa shape index (κ1) is 15.0. The summed E-state index contributed by atoms with van der Waals surface area (Å²) in [5, 5.41) is 13.0. The van der Waals surface area contributed by atoms with Crippen molar-refractivity contribution < 1.29 is 9.31 Å². The predicted molar refractivity (Wildman–Crippen MR) is 84.0 cm³/mol. The molecule has 0 amide bonds. The van der Waals surface area contributed by atoms with E-state index in [0.717, 1.165) is 12.1 Å². The van der Waals surface area contributed by atoms with Gasteiger partial charge in [0.15, 0.2) is 0 Å². The van der Waals surface area contributed by atoms with Crippen molar-refractivity contribution in [2.75, 3.05) is 0 Å². The molecule has 0 fully saturated rings. The number of aromatic nitrogens is 2. The molecule has 0 saturated heterocycles. The smallest absolute Gasteiger partial charge is 0.285 e. The van der Waals surface area contributed by atoms with Crippen molar-refractivity contribution in [1.82, 2.24) is 9.55 Å². The summed E-state index contributed by atoms with van der Waals surface area (Å²) < 4.78 is 15.0. The van der Waals surface area contributed by atoms with E-state index in [1.54, 1.807) is 23.6 Å². The molecule has 0 atom stereocenters. The molecule has 8 heteroatoms. The molecular formula is C15H10FN3O3S. The van der Waals surface area contributed by atoms with Crippen LogP contribution < -0.4 is 5.56 Å². The van der Waals surface area contributed by atoms with Gasteiger partial charge in [0.05, 0.1) is 23.4 Å². The maximum Gasteiger partial charge on any atom is 0.285 e. The number of benzene rings is 1. The van der Waals surface area contributed by atoms with Crippen LogP contribution in [0.3, 0.4) is 0 Å². The standard InChI is InChI=1S/C15H10FN3O3S/c16-13-4-2-1-3-12(13)15-17-10(9-23-15)7-18-8-11(19(21)22)5-6-14(18)20/h1-6,8-9H,7H2. The number of nitrogens with zero attached hydrogens (tertiary/aromatic N) is 3. The fourth-order valence-corrected chi connectivity index (χ4v) is 2.90. The number of hydrogen-bond donors (Lipinski definition) is 0. The summed E-state index contributed by atoms with van der Waals surface area (Å²) in [5.41, 5.74) is 0.385. The molecule has 0 aliphatic rings. The Balaban J connectivity index is 1.91. The van der Waals surface area contributed by atoms with Crippen molar-refractivity contribution in [1.29, 1.82) is 0 Å². The molecule has 0 unspecified atom stereocenters. The van der Waals surface area contributed by atoms with Gasteiger partial charge < -0.3 is 4.57 Å². The van der Waals surface area contributed by atoms with Gasteiger partial charge >= 0.3 is 0 Å². The molecule has 0 aliphatic carbocycles. The van der Waals surface area contributed by atoms with E-state index in [9.17, 15) is 19.3 Å². The highest BCUT2D eigenvalue weighted by atomic mass is 32.1. The maximum atomic E-state index is 13.8. The van der Waals surface area contributed by atoms with Crippen LogP contribution in [0.2, 0.25) is 0 Å². The number of hydrogen-bond acceptors (Lipinski definition) is 5. The van der Waals surface area contributed by atoms with Crippen molar-refractivity contribution in [2.45, 2.75) is 6.54 Å². The second-order valence-electron chi connectivity index (χ2n) is 4.73. The van der Waals surface area contributed by atoms with Crippen LogP contribution in [-0.2, 0) is 6.54 Å². The summed E-state index contributed by atoms with van der Waals surface area (Å²) in [6.45, 7) is 0.0888. The van der Waals surface area contributed by atoms with Crippen molar-refractivity contribution >= 4 is 17.0 Å². The van der Waals surface area contributed by atoms with Gasteiger partial charge in [0, 0.05) is 23.1 Å². The van der Waals surface area contributed by atoms with Gasteiger partial charge in [-0.1, -0.05) is 12.1 Å². The summed E-state index contributed by atoms with van der Waals surface area (Å²) in [6, 6.07) is 8.58. The average molecular weight is 331 g/mol. The van der Waals surface area contributed by atoms with Crippen molar-refractivity contribution in [3.8, 4) is 10.6 Å². The molecule has 3 rings (SSSR count). The third-order valence-corrected chi connectivity index (χ3v) is 4.09. The summed E-state index contributed by atoms with van der Waals surface area (Å²) >= 11 is 1.25. The Morgan fingerprint density at radius 3 is 2.78 bits per heavy atom. The van der Waals surface area contributed by atoms with E-state index in [-0.39, 0.29) is 23.6 Å². The average Bonchev–Trinajstić information content (AvgIpc) is 2.98. The van der Waals surface area contributed by atoms with Gasteiger partial charge in [0.2, 0.25) is 0 Å². The van der Waals surface area contributed by atoms with Gasteiger partial charge in [0.25, 0.3) is 11.2 Å². The number of rotatable bonds is 4. The SMILES string of the molecule is O=c1ccc([N+](=O)[O-])cn1Cc1csc(-c2ccccc2F)n1. The lowest BCUT2D eigenvalue weighted by atomic mass is 10.2. The Morgan fingerprint density at radius 2 is 2.04 bits per heavy atom. The molecule has 0 spiro atoms. The molecule has 1 aromatic carbocycles. The molecule has 0 N–H and O–H groups in total. The first-order chi connectivity index (χ1) is 11.0. The van der Waals surface area contributed by atoms with Crippen LogP contribution in [0.15, 0.2) is 52.8 Å². The largest absolute Gasteiger partial charge is 0.303 e.